The predicted molar refractivity (Wildman–Crippen MR) is 109 cm³/mol. The maximum atomic E-state index is 12.5. The normalized spacial score (nSPS) is 18.0. The summed E-state index contributed by atoms with van der Waals surface area (Å²) < 4.78 is 11.2. The summed E-state index contributed by atoms with van der Waals surface area (Å²) in [7, 11) is 0. The molecule has 1 aliphatic rings. The van der Waals surface area contributed by atoms with E-state index in [0.29, 0.717) is 25.6 Å². The van der Waals surface area contributed by atoms with Crippen LogP contribution in [0.1, 0.15) is 61.1 Å². The lowest BCUT2D eigenvalue weighted by molar-refractivity contribution is -0.123. The van der Waals surface area contributed by atoms with Crippen LogP contribution in [0, 0.1) is 0 Å². The number of hydrogen-bond donors (Lipinski definition) is 1. The topological polar surface area (TPSA) is 47.6 Å². The molecule has 2 aromatic rings. The van der Waals surface area contributed by atoms with E-state index in [9.17, 15) is 4.79 Å². The largest absolute Gasteiger partial charge is 0.378 e. The van der Waals surface area contributed by atoms with Crippen molar-refractivity contribution >= 4 is 17.2 Å². The third-order valence-electron chi connectivity index (χ3n) is 4.87. The average Bonchev–Trinajstić information content (AvgIpc) is 3.37. The molecule has 1 aromatic carbocycles. The van der Waals surface area contributed by atoms with Crippen LogP contribution in [0.2, 0.25) is 0 Å². The van der Waals surface area contributed by atoms with Crippen molar-refractivity contribution in [3.63, 3.8) is 0 Å². The first-order valence-corrected chi connectivity index (χ1v) is 10.6. The van der Waals surface area contributed by atoms with Gasteiger partial charge in [0.2, 0.25) is 5.91 Å². The summed E-state index contributed by atoms with van der Waals surface area (Å²) >= 11 is 1.66. The Balaban J connectivity index is 1.56. The summed E-state index contributed by atoms with van der Waals surface area (Å²) in [4.78, 5) is 13.6. The van der Waals surface area contributed by atoms with Gasteiger partial charge in [0.1, 0.15) is 0 Å². The van der Waals surface area contributed by atoms with Crippen molar-refractivity contribution in [1.29, 1.82) is 0 Å². The van der Waals surface area contributed by atoms with Gasteiger partial charge in [-0.05, 0) is 41.3 Å². The number of carbonyl (C=O) groups is 1. The second-order valence-corrected chi connectivity index (χ2v) is 8.28. The number of amides is 1. The molecule has 27 heavy (non-hydrogen) atoms. The van der Waals surface area contributed by atoms with Gasteiger partial charge < -0.3 is 14.8 Å². The summed E-state index contributed by atoms with van der Waals surface area (Å²) in [6, 6.07) is 12.5. The zero-order chi connectivity index (χ0) is 19.1. The van der Waals surface area contributed by atoms with E-state index in [1.807, 2.05) is 11.4 Å². The lowest BCUT2D eigenvalue weighted by Gasteiger charge is -2.19. The first-order chi connectivity index (χ1) is 13.1. The molecule has 1 aromatic heterocycles. The number of nitrogens with one attached hydrogen (secondary N) is 1. The van der Waals surface area contributed by atoms with Crippen molar-refractivity contribution in [3.8, 4) is 0 Å². The predicted octanol–water partition coefficient (Wildman–Crippen LogP) is 4.66. The van der Waals surface area contributed by atoms with E-state index in [-0.39, 0.29) is 18.1 Å². The molecule has 3 rings (SSSR count). The van der Waals surface area contributed by atoms with Crippen molar-refractivity contribution in [1.82, 2.24) is 5.32 Å². The summed E-state index contributed by atoms with van der Waals surface area (Å²) in [6.07, 6.45) is 2.72. The Hall–Kier alpha value is -1.69. The monoisotopic (exact) mass is 387 g/mol. The van der Waals surface area contributed by atoms with Gasteiger partial charge in [-0.1, -0.05) is 44.2 Å². The van der Waals surface area contributed by atoms with Gasteiger partial charge in [0.05, 0.1) is 25.4 Å². The Bertz CT molecular complexity index is 691. The van der Waals surface area contributed by atoms with Gasteiger partial charge in [0.25, 0.3) is 0 Å². The van der Waals surface area contributed by atoms with Crippen LogP contribution >= 0.6 is 11.3 Å². The fraction of sp³-hybridized carbons (Fsp3) is 0.500. The Morgan fingerprint density at radius 2 is 2.04 bits per heavy atom. The summed E-state index contributed by atoms with van der Waals surface area (Å²) in [5, 5.41) is 5.22. The van der Waals surface area contributed by atoms with Crippen LogP contribution in [0.4, 0.5) is 0 Å². The molecule has 0 aliphatic carbocycles. The molecule has 5 heteroatoms. The maximum absolute atomic E-state index is 12.5. The molecule has 1 fully saturated rings. The standard InChI is InChI=1S/C22H29NO3S/c1-16(2)17-7-9-18(10-8-17)22(20-6-4-14-27-20)23-21(24)11-13-25-15-19-5-3-12-26-19/h4,6-10,14,16,19,22H,3,5,11-13,15H2,1-2H3,(H,23,24). The highest BCUT2D eigenvalue weighted by Gasteiger charge is 2.19. The molecule has 1 amide bonds. The number of ether oxygens (including phenoxy) is 2. The molecule has 1 N–H and O–H groups in total. The number of rotatable bonds is 9. The second-order valence-electron chi connectivity index (χ2n) is 7.30. The molecule has 1 saturated heterocycles. The molecular weight excluding hydrogens is 358 g/mol. The number of hydrogen-bond acceptors (Lipinski definition) is 4. The van der Waals surface area contributed by atoms with Gasteiger partial charge in [-0.25, -0.2) is 0 Å². The number of carbonyl (C=O) groups excluding carboxylic acids is 1. The highest BCUT2D eigenvalue weighted by atomic mass is 32.1. The van der Waals surface area contributed by atoms with E-state index < -0.39 is 0 Å². The van der Waals surface area contributed by atoms with Crippen LogP contribution in [0.3, 0.4) is 0 Å². The highest BCUT2D eigenvalue weighted by Crippen LogP contribution is 2.27. The highest BCUT2D eigenvalue weighted by molar-refractivity contribution is 7.10. The summed E-state index contributed by atoms with van der Waals surface area (Å²) in [5.41, 5.74) is 2.41. The zero-order valence-electron chi connectivity index (χ0n) is 16.1. The third kappa shape index (κ3) is 5.89. The van der Waals surface area contributed by atoms with Gasteiger partial charge in [-0.15, -0.1) is 11.3 Å². The Labute approximate surface area is 165 Å². The number of thiophene rings is 1. The lowest BCUT2D eigenvalue weighted by Crippen LogP contribution is -2.30. The molecule has 2 unspecified atom stereocenters. The molecule has 1 aliphatic heterocycles. The van der Waals surface area contributed by atoms with Gasteiger partial charge in [-0.3, -0.25) is 4.79 Å². The van der Waals surface area contributed by atoms with E-state index in [2.05, 4.69) is 49.5 Å². The van der Waals surface area contributed by atoms with Crippen molar-refractivity contribution in [2.75, 3.05) is 19.8 Å². The fourth-order valence-electron chi connectivity index (χ4n) is 3.24. The zero-order valence-corrected chi connectivity index (χ0v) is 17.0. The Kier molecular flexibility index (Phi) is 7.44. The molecule has 4 nitrogen and oxygen atoms in total. The lowest BCUT2D eigenvalue weighted by atomic mass is 9.98. The minimum atomic E-state index is -0.114. The van der Waals surface area contributed by atoms with E-state index in [4.69, 9.17) is 9.47 Å². The molecular formula is C22H29NO3S. The van der Waals surface area contributed by atoms with Gasteiger partial charge in [0, 0.05) is 17.9 Å². The van der Waals surface area contributed by atoms with E-state index in [1.165, 1.54) is 5.56 Å². The SMILES string of the molecule is CC(C)c1ccc(C(NC(=O)CCOCC2CCCO2)c2cccs2)cc1. The van der Waals surface area contributed by atoms with Gasteiger partial charge in [-0.2, -0.15) is 0 Å². The average molecular weight is 388 g/mol. The number of benzene rings is 1. The van der Waals surface area contributed by atoms with Gasteiger partial charge >= 0.3 is 0 Å². The molecule has 0 radical (unpaired) electrons. The van der Waals surface area contributed by atoms with Crippen LogP contribution in [0.25, 0.3) is 0 Å². The Morgan fingerprint density at radius 1 is 1.26 bits per heavy atom. The fourth-order valence-corrected chi connectivity index (χ4v) is 4.04. The second kappa shape index (κ2) is 10.0. The minimum Gasteiger partial charge on any atom is -0.378 e. The van der Waals surface area contributed by atoms with Gasteiger partial charge in [0.15, 0.2) is 0 Å². The molecule has 0 saturated carbocycles. The van der Waals surface area contributed by atoms with Crippen molar-refractivity contribution in [2.24, 2.45) is 0 Å². The van der Waals surface area contributed by atoms with Crippen molar-refractivity contribution < 1.29 is 14.3 Å². The molecule has 2 heterocycles. The van der Waals surface area contributed by atoms with E-state index >= 15 is 0 Å². The van der Waals surface area contributed by atoms with Crippen LogP contribution in [0.15, 0.2) is 41.8 Å². The third-order valence-corrected chi connectivity index (χ3v) is 5.81. The minimum absolute atomic E-state index is 0.00803. The quantitative estimate of drug-likeness (QED) is 0.637. The smallest absolute Gasteiger partial charge is 0.223 e. The van der Waals surface area contributed by atoms with Crippen LogP contribution in [-0.2, 0) is 14.3 Å². The summed E-state index contributed by atoms with van der Waals surface area (Å²) in [5.74, 6) is 0.503. The van der Waals surface area contributed by atoms with E-state index in [1.54, 1.807) is 11.3 Å². The van der Waals surface area contributed by atoms with Crippen LogP contribution in [0.5, 0.6) is 0 Å². The van der Waals surface area contributed by atoms with Crippen LogP contribution in [-0.4, -0.2) is 31.8 Å². The maximum Gasteiger partial charge on any atom is 0.223 e. The van der Waals surface area contributed by atoms with Crippen molar-refractivity contribution in [2.45, 2.75) is 51.2 Å². The molecule has 0 bridgehead atoms. The summed E-state index contributed by atoms with van der Waals surface area (Å²) in [6.45, 7) is 6.20. The van der Waals surface area contributed by atoms with E-state index in [0.717, 1.165) is 29.9 Å². The Morgan fingerprint density at radius 3 is 2.67 bits per heavy atom. The van der Waals surface area contributed by atoms with Crippen molar-refractivity contribution in [3.05, 3.63) is 57.8 Å². The molecule has 0 spiro atoms. The molecule has 146 valence electrons. The first kappa shape index (κ1) is 20.1. The molecule has 2 atom stereocenters. The van der Waals surface area contributed by atoms with Crippen LogP contribution < -0.4 is 5.32 Å². The first-order valence-electron chi connectivity index (χ1n) is 9.75.